The molecule has 5 heterocycles. The van der Waals surface area contributed by atoms with Gasteiger partial charge in [0.15, 0.2) is 0 Å². The molecule has 3 aromatic heterocycles. The minimum atomic E-state index is -0.531. The molecule has 5 aromatic rings. The second-order valence-corrected chi connectivity index (χ2v) is 12.6. The van der Waals surface area contributed by atoms with Gasteiger partial charge in [0.1, 0.15) is 17.2 Å². The predicted molar refractivity (Wildman–Crippen MR) is 167 cm³/mol. The van der Waals surface area contributed by atoms with Gasteiger partial charge < -0.3 is 20.0 Å². The number of fused-ring (bicyclic) bond motifs is 1. The van der Waals surface area contributed by atoms with Gasteiger partial charge in [-0.3, -0.25) is 9.88 Å². The van der Waals surface area contributed by atoms with Gasteiger partial charge in [0, 0.05) is 29.4 Å². The lowest BCUT2D eigenvalue weighted by molar-refractivity contribution is 0.0218. The summed E-state index contributed by atoms with van der Waals surface area (Å²) in [6, 6.07) is 17.3. The Morgan fingerprint density at radius 1 is 0.814 bits per heavy atom. The maximum absolute atomic E-state index is 12.7. The molecule has 220 valence electrons. The lowest BCUT2D eigenvalue weighted by Crippen LogP contribution is -2.36. The van der Waals surface area contributed by atoms with Gasteiger partial charge in [-0.1, -0.05) is 24.3 Å². The van der Waals surface area contributed by atoms with Gasteiger partial charge in [0.2, 0.25) is 0 Å². The molecular formula is C34H37N7O2. The minimum absolute atomic E-state index is 0.117. The van der Waals surface area contributed by atoms with E-state index in [1.807, 2.05) is 45.4 Å². The lowest BCUT2D eigenvalue weighted by Gasteiger charge is -2.27. The summed E-state index contributed by atoms with van der Waals surface area (Å²) in [5.41, 5.74) is 5.43. The van der Waals surface area contributed by atoms with Crippen LogP contribution < -0.4 is 5.32 Å². The van der Waals surface area contributed by atoms with E-state index in [4.69, 9.17) is 9.72 Å². The summed E-state index contributed by atoms with van der Waals surface area (Å²) in [5, 5.41) is 5.84. The first-order valence-corrected chi connectivity index (χ1v) is 15.1. The zero-order valence-electron chi connectivity index (χ0n) is 24.9. The summed E-state index contributed by atoms with van der Waals surface area (Å²) < 4.78 is 5.62. The van der Waals surface area contributed by atoms with E-state index in [0.717, 1.165) is 76.6 Å². The number of carbonyl (C=O) groups is 1. The molecule has 7 rings (SSSR count). The van der Waals surface area contributed by atoms with E-state index in [1.165, 1.54) is 11.8 Å². The van der Waals surface area contributed by atoms with Crippen molar-refractivity contribution in [3.63, 3.8) is 0 Å². The molecule has 9 heteroatoms. The zero-order chi connectivity index (χ0) is 29.6. The molecular weight excluding hydrogens is 538 g/mol. The highest BCUT2D eigenvalue weighted by Crippen LogP contribution is 2.33. The number of pyridine rings is 1. The highest BCUT2D eigenvalue weighted by molar-refractivity contribution is 5.90. The number of carbonyl (C=O) groups excluding carboxylic acids is 1. The normalized spacial score (nSPS) is 18.9. The van der Waals surface area contributed by atoms with Crippen molar-refractivity contribution in [1.29, 1.82) is 0 Å². The predicted octanol–water partition coefficient (Wildman–Crippen LogP) is 7.18. The van der Waals surface area contributed by atoms with Crippen molar-refractivity contribution in [3.05, 3.63) is 78.8 Å². The van der Waals surface area contributed by atoms with Crippen LogP contribution in [0.15, 0.2) is 67.1 Å². The van der Waals surface area contributed by atoms with E-state index >= 15 is 0 Å². The van der Waals surface area contributed by atoms with Crippen LogP contribution in [-0.2, 0) is 4.74 Å². The van der Waals surface area contributed by atoms with Crippen molar-refractivity contribution in [2.45, 2.75) is 64.1 Å². The number of benzene rings is 2. The van der Waals surface area contributed by atoms with E-state index in [2.05, 4.69) is 67.7 Å². The third-order valence-corrected chi connectivity index (χ3v) is 8.30. The number of aromatic nitrogens is 5. The van der Waals surface area contributed by atoms with Crippen molar-refractivity contribution in [1.82, 2.24) is 35.1 Å². The van der Waals surface area contributed by atoms with Gasteiger partial charge in [-0.15, -0.1) is 0 Å². The Bertz CT molecular complexity index is 1760. The highest BCUT2D eigenvalue weighted by Gasteiger charge is 2.34. The summed E-state index contributed by atoms with van der Waals surface area (Å²) in [5.74, 6) is 1.79. The van der Waals surface area contributed by atoms with Crippen molar-refractivity contribution < 1.29 is 9.53 Å². The minimum Gasteiger partial charge on any atom is -0.444 e. The number of hydrogen-bond donors (Lipinski definition) is 3. The molecule has 0 aliphatic carbocycles. The molecule has 2 unspecified atom stereocenters. The third-order valence-electron chi connectivity index (χ3n) is 8.30. The van der Waals surface area contributed by atoms with Crippen LogP contribution in [0.4, 0.5) is 4.79 Å². The van der Waals surface area contributed by atoms with E-state index < -0.39 is 5.60 Å². The van der Waals surface area contributed by atoms with Crippen molar-refractivity contribution in [2.24, 2.45) is 0 Å². The SMILES string of the molecule is CC(C)(C)OC(=O)N1CCCC1c1ncc(-c2ccc(-c3ccc4cc(-c5cnc(C6CCCN6)[nH]5)ccc4c3)nc2)[nH]1. The Hall–Kier alpha value is -4.50. The Morgan fingerprint density at radius 2 is 1.51 bits per heavy atom. The maximum Gasteiger partial charge on any atom is 0.410 e. The molecule has 2 saturated heterocycles. The van der Waals surface area contributed by atoms with Gasteiger partial charge in [-0.25, -0.2) is 14.8 Å². The number of H-pyrrole nitrogens is 2. The van der Waals surface area contributed by atoms with E-state index in [0.29, 0.717) is 12.6 Å². The van der Waals surface area contributed by atoms with Gasteiger partial charge >= 0.3 is 6.09 Å². The summed E-state index contributed by atoms with van der Waals surface area (Å²) >= 11 is 0. The van der Waals surface area contributed by atoms with Crippen LogP contribution in [-0.4, -0.2) is 54.6 Å². The molecule has 0 bridgehead atoms. The van der Waals surface area contributed by atoms with Crippen LogP contribution >= 0.6 is 0 Å². The fourth-order valence-electron chi connectivity index (χ4n) is 6.12. The molecule has 0 spiro atoms. The van der Waals surface area contributed by atoms with Crippen LogP contribution in [0.2, 0.25) is 0 Å². The van der Waals surface area contributed by atoms with Gasteiger partial charge in [-0.2, -0.15) is 0 Å². The number of nitrogens with zero attached hydrogens (tertiary/aromatic N) is 4. The first-order chi connectivity index (χ1) is 20.8. The fourth-order valence-corrected chi connectivity index (χ4v) is 6.12. The van der Waals surface area contributed by atoms with Gasteiger partial charge in [-0.05, 0) is 88.0 Å². The standard InChI is InChI=1S/C34H37N7O2/c1-34(2,3)43-33(42)41-15-5-7-30(41)32-38-20-29(40-32)25-12-13-26(36-18-25)23-10-8-22-17-24(11-9-21(22)16-23)28-19-37-31(39-28)27-6-4-14-35-27/h8-13,16-20,27,30,35H,4-7,14-15H2,1-3H3,(H,37,39)(H,38,40). The quantitative estimate of drug-likeness (QED) is 0.205. The number of likely N-dealkylation sites (tertiary alicyclic amines) is 1. The molecule has 0 radical (unpaired) electrons. The van der Waals surface area contributed by atoms with Crippen LogP contribution in [0, 0.1) is 0 Å². The Morgan fingerprint density at radius 3 is 2.23 bits per heavy atom. The number of ether oxygens (including phenoxy) is 1. The number of nitrogens with one attached hydrogen (secondary N) is 3. The largest absolute Gasteiger partial charge is 0.444 e. The Balaban J connectivity index is 1.06. The van der Waals surface area contributed by atoms with Gasteiger partial charge in [0.25, 0.3) is 0 Å². The summed E-state index contributed by atoms with van der Waals surface area (Å²) in [6.45, 7) is 7.38. The topological polar surface area (TPSA) is 112 Å². The fraction of sp³-hybridized carbons (Fsp3) is 0.353. The van der Waals surface area contributed by atoms with E-state index in [9.17, 15) is 4.79 Å². The Labute approximate surface area is 251 Å². The van der Waals surface area contributed by atoms with Crippen molar-refractivity contribution in [3.8, 4) is 33.8 Å². The molecule has 2 aliphatic heterocycles. The maximum atomic E-state index is 12.7. The highest BCUT2D eigenvalue weighted by atomic mass is 16.6. The molecule has 43 heavy (non-hydrogen) atoms. The molecule has 9 nitrogen and oxygen atoms in total. The van der Waals surface area contributed by atoms with Crippen molar-refractivity contribution in [2.75, 3.05) is 13.1 Å². The summed E-state index contributed by atoms with van der Waals surface area (Å²) in [7, 11) is 0. The second-order valence-electron chi connectivity index (χ2n) is 12.6. The van der Waals surface area contributed by atoms with E-state index in [-0.39, 0.29) is 12.1 Å². The first-order valence-electron chi connectivity index (χ1n) is 15.1. The van der Waals surface area contributed by atoms with E-state index in [1.54, 1.807) is 4.90 Å². The monoisotopic (exact) mass is 575 g/mol. The molecule has 1 amide bonds. The number of hydrogen-bond acceptors (Lipinski definition) is 6. The summed E-state index contributed by atoms with van der Waals surface area (Å²) in [4.78, 5) is 35.5. The van der Waals surface area contributed by atoms with Crippen molar-refractivity contribution >= 4 is 16.9 Å². The molecule has 2 aromatic carbocycles. The molecule has 3 N–H and O–H groups in total. The van der Waals surface area contributed by atoms with Crippen LogP contribution in [0.5, 0.6) is 0 Å². The lowest BCUT2D eigenvalue weighted by atomic mass is 10.0. The first kappa shape index (κ1) is 27.3. The van der Waals surface area contributed by atoms with Crippen LogP contribution in [0.3, 0.4) is 0 Å². The Kier molecular flexibility index (Phi) is 6.97. The third kappa shape index (κ3) is 5.64. The van der Waals surface area contributed by atoms with Crippen LogP contribution in [0.1, 0.15) is 70.2 Å². The second kappa shape index (κ2) is 11.0. The average Bonchev–Trinajstić information content (AvgIpc) is 3.82. The molecule has 0 saturated carbocycles. The average molecular weight is 576 g/mol. The smallest absolute Gasteiger partial charge is 0.410 e. The van der Waals surface area contributed by atoms with Crippen LogP contribution in [0.25, 0.3) is 44.5 Å². The molecule has 2 aliphatic rings. The molecule has 2 atom stereocenters. The van der Waals surface area contributed by atoms with Gasteiger partial charge in [0.05, 0.1) is 41.6 Å². The number of rotatable bonds is 5. The number of imidazole rings is 2. The zero-order valence-corrected chi connectivity index (χ0v) is 24.9. The molecule has 2 fully saturated rings. The number of aromatic amines is 2. The summed E-state index contributed by atoms with van der Waals surface area (Å²) in [6.07, 6.45) is 9.42. The number of amides is 1.